The molecule has 0 aromatic carbocycles. The quantitative estimate of drug-likeness (QED) is 0.776. The zero-order valence-corrected chi connectivity index (χ0v) is 10.7. The van der Waals surface area contributed by atoms with Crippen LogP contribution in [-0.4, -0.2) is 42.3 Å². The van der Waals surface area contributed by atoms with E-state index in [-0.39, 0.29) is 11.1 Å². The van der Waals surface area contributed by atoms with E-state index in [1.54, 1.807) is 0 Å². The minimum Gasteiger partial charge on any atom is -0.373 e. The molecule has 1 saturated heterocycles. The number of hydrogen-bond donors (Lipinski definition) is 1. The van der Waals surface area contributed by atoms with Gasteiger partial charge in [0.2, 0.25) is 0 Å². The highest BCUT2D eigenvalue weighted by molar-refractivity contribution is 4.93. The molecule has 1 aliphatic heterocycles. The molecule has 0 spiro atoms. The van der Waals surface area contributed by atoms with Crippen molar-refractivity contribution < 1.29 is 4.74 Å². The zero-order valence-electron chi connectivity index (χ0n) is 10.7. The summed E-state index contributed by atoms with van der Waals surface area (Å²) in [7, 11) is 0. The molecule has 2 N–H and O–H groups in total. The van der Waals surface area contributed by atoms with Gasteiger partial charge in [-0.05, 0) is 47.1 Å². The second kappa shape index (κ2) is 4.81. The van der Waals surface area contributed by atoms with Crippen LogP contribution in [0.2, 0.25) is 0 Å². The molecule has 0 aliphatic carbocycles. The summed E-state index contributed by atoms with van der Waals surface area (Å²) >= 11 is 0. The Balaban J connectivity index is 2.68. The molecule has 90 valence electrons. The lowest BCUT2D eigenvalue weighted by atomic mass is 9.89. The smallest absolute Gasteiger partial charge is 0.0930 e. The van der Waals surface area contributed by atoms with Gasteiger partial charge in [0.05, 0.1) is 5.60 Å². The third kappa shape index (κ3) is 3.16. The van der Waals surface area contributed by atoms with Gasteiger partial charge < -0.3 is 10.5 Å². The van der Waals surface area contributed by atoms with E-state index < -0.39 is 0 Å². The number of rotatable bonds is 3. The van der Waals surface area contributed by atoms with E-state index in [4.69, 9.17) is 10.5 Å². The molecule has 1 heterocycles. The number of likely N-dealkylation sites (tertiary alicyclic amines) is 1. The van der Waals surface area contributed by atoms with Crippen molar-refractivity contribution in [2.24, 2.45) is 5.73 Å². The fraction of sp³-hybridized carbons (Fsp3) is 1.00. The lowest BCUT2D eigenvalue weighted by Crippen LogP contribution is -2.58. The first-order valence-corrected chi connectivity index (χ1v) is 6.02. The van der Waals surface area contributed by atoms with E-state index in [9.17, 15) is 0 Å². The van der Waals surface area contributed by atoms with E-state index in [0.29, 0.717) is 6.54 Å². The van der Waals surface area contributed by atoms with Gasteiger partial charge in [0.15, 0.2) is 0 Å². The van der Waals surface area contributed by atoms with Gasteiger partial charge in [-0.1, -0.05) is 0 Å². The number of ether oxygens (including phenoxy) is 1. The van der Waals surface area contributed by atoms with Crippen LogP contribution in [0.1, 0.15) is 40.5 Å². The molecule has 0 aromatic rings. The summed E-state index contributed by atoms with van der Waals surface area (Å²) in [6.07, 6.45) is 2.29. The first-order valence-electron chi connectivity index (χ1n) is 6.02. The predicted molar refractivity (Wildman–Crippen MR) is 64.0 cm³/mol. The van der Waals surface area contributed by atoms with E-state index in [0.717, 1.165) is 19.6 Å². The van der Waals surface area contributed by atoms with Crippen LogP contribution in [-0.2, 0) is 4.74 Å². The lowest BCUT2D eigenvalue weighted by Gasteiger charge is -2.47. The molecule has 3 heteroatoms. The third-order valence-electron chi connectivity index (χ3n) is 3.31. The Hall–Kier alpha value is -0.120. The van der Waals surface area contributed by atoms with E-state index in [1.165, 1.54) is 13.0 Å². The van der Waals surface area contributed by atoms with Gasteiger partial charge in [0, 0.05) is 25.2 Å². The molecule has 15 heavy (non-hydrogen) atoms. The second-order valence-corrected chi connectivity index (χ2v) is 5.52. The summed E-state index contributed by atoms with van der Waals surface area (Å²) < 4.78 is 5.88. The SMILES string of the molecule is CCOC1(CN)CCCN(C(C)(C)C)C1. The number of nitrogens with zero attached hydrogens (tertiary/aromatic N) is 1. The van der Waals surface area contributed by atoms with Crippen LogP contribution in [0.4, 0.5) is 0 Å². The largest absolute Gasteiger partial charge is 0.373 e. The average Bonchev–Trinajstić information content (AvgIpc) is 2.17. The molecular weight excluding hydrogens is 188 g/mol. The summed E-state index contributed by atoms with van der Waals surface area (Å²) in [5, 5.41) is 0. The van der Waals surface area contributed by atoms with Crippen LogP contribution < -0.4 is 5.73 Å². The normalized spacial score (nSPS) is 29.4. The van der Waals surface area contributed by atoms with Gasteiger partial charge in [0.1, 0.15) is 0 Å². The Kier molecular flexibility index (Phi) is 4.15. The highest BCUT2D eigenvalue weighted by Crippen LogP contribution is 2.28. The van der Waals surface area contributed by atoms with Crippen molar-refractivity contribution in [2.75, 3.05) is 26.2 Å². The molecule has 1 fully saturated rings. The molecule has 0 radical (unpaired) electrons. The molecule has 0 aromatic heterocycles. The summed E-state index contributed by atoms with van der Waals surface area (Å²) in [6.45, 7) is 12.3. The molecule has 0 amide bonds. The second-order valence-electron chi connectivity index (χ2n) is 5.52. The van der Waals surface area contributed by atoms with Crippen molar-refractivity contribution >= 4 is 0 Å². The molecule has 1 rings (SSSR count). The van der Waals surface area contributed by atoms with Crippen LogP contribution in [0.5, 0.6) is 0 Å². The number of piperidine rings is 1. The highest BCUT2D eigenvalue weighted by atomic mass is 16.5. The maximum Gasteiger partial charge on any atom is 0.0930 e. The van der Waals surface area contributed by atoms with E-state index in [2.05, 4.69) is 25.7 Å². The van der Waals surface area contributed by atoms with Crippen molar-refractivity contribution in [3.63, 3.8) is 0 Å². The summed E-state index contributed by atoms with van der Waals surface area (Å²) in [5.41, 5.74) is 6.00. The Bertz CT molecular complexity index is 196. The van der Waals surface area contributed by atoms with Crippen LogP contribution in [0.25, 0.3) is 0 Å². The molecule has 0 bridgehead atoms. The average molecular weight is 214 g/mol. The number of hydrogen-bond acceptors (Lipinski definition) is 3. The van der Waals surface area contributed by atoms with Crippen LogP contribution in [0.15, 0.2) is 0 Å². The van der Waals surface area contributed by atoms with Gasteiger partial charge in [-0.25, -0.2) is 0 Å². The molecule has 0 saturated carbocycles. The zero-order chi connectivity index (χ0) is 11.5. The molecule has 1 atom stereocenters. The van der Waals surface area contributed by atoms with Crippen molar-refractivity contribution in [3.05, 3.63) is 0 Å². The van der Waals surface area contributed by atoms with Crippen LogP contribution >= 0.6 is 0 Å². The Labute approximate surface area is 94.0 Å². The molecular formula is C12H26N2O. The Morgan fingerprint density at radius 2 is 2.07 bits per heavy atom. The highest BCUT2D eigenvalue weighted by Gasteiger charge is 2.38. The van der Waals surface area contributed by atoms with Crippen molar-refractivity contribution in [1.29, 1.82) is 0 Å². The summed E-state index contributed by atoms with van der Waals surface area (Å²) in [5.74, 6) is 0. The minimum absolute atomic E-state index is 0.0969. The molecule has 3 nitrogen and oxygen atoms in total. The first-order chi connectivity index (χ1) is 6.93. The lowest BCUT2D eigenvalue weighted by molar-refractivity contribution is -0.0960. The van der Waals surface area contributed by atoms with Crippen LogP contribution in [0.3, 0.4) is 0 Å². The van der Waals surface area contributed by atoms with Gasteiger partial charge in [0.25, 0.3) is 0 Å². The van der Waals surface area contributed by atoms with E-state index >= 15 is 0 Å². The summed E-state index contributed by atoms with van der Waals surface area (Å²) in [6, 6.07) is 0. The standard InChI is InChI=1S/C12H26N2O/c1-5-15-12(9-13)7-6-8-14(10-12)11(2,3)4/h5-10,13H2,1-4H3. The van der Waals surface area contributed by atoms with Gasteiger partial charge >= 0.3 is 0 Å². The van der Waals surface area contributed by atoms with Gasteiger partial charge in [-0.2, -0.15) is 0 Å². The minimum atomic E-state index is -0.0969. The Morgan fingerprint density at radius 1 is 1.40 bits per heavy atom. The first kappa shape index (κ1) is 12.9. The maximum absolute atomic E-state index is 5.88. The van der Waals surface area contributed by atoms with Gasteiger partial charge in [-0.15, -0.1) is 0 Å². The van der Waals surface area contributed by atoms with Crippen molar-refractivity contribution in [1.82, 2.24) is 4.90 Å². The third-order valence-corrected chi connectivity index (χ3v) is 3.31. The van der Waals surface area contributed by atoms with E-state index in [1.807, 2.05) is 6.92 Å². The monoisotopic (exact) mass is 214 g/mol. The Morgan fingerprint density at radius 3 is 2.53 bits per heavy atom. The predicted octanol–water partition coefficient (Wildman–Crippen LogP) is 1.61. The fourth-order valence-electron chi connectivity index (χ4n) is 2.32. The topological polar surface area (TPSA) is 38.5 Å². The van der Waals surface area contributed by atoms with Crippen molar-refractivity contribution in [3.8, 4) is 0 Å². The molecule has 1 aliphatic rings. The van der Waals surface area contributed by atoms with Gasteiger partial charge in [-0.3, -0.25) is 4.90 Å². The number of nitrogens with two attached hydrogens (primary N) is 1. The summed E-state index contributed by atoms with van der Waals surface area (Å²) in [4.78, 5) is 2.49. The van der Waals surface area contributed by atoms with Crippen LogP contribution in [0, 0.1) is 0 Å². The fourth-order valence-corrected chi connectivity index (χ4v) is 2.32. The van der Waals surface area contributed by atoms with Crippen molar-refractivity contribution in [2.45, 2.75) is 51.7 Å². The maximum atomic E-state index is 5.88. The molecule has 1 unspecified atom stereocenters.